The number of aliphatic carboxylic acids is 1. The Hall–Kier alpha value is -1.52. The van der Waals surface area contributed by atoms with Gasteiger partial charge < -0.3 is 14.6 Å². The second-order valence-corrected chi connectivity index (χ2v) is 15.5. The van der Waals surface area contributed by atoms with E-state index in [1.807, 2.05) is 6.92 Å². The van der Waals surface area contributed by atoms with Gasteiger partial charge in [0.25, 0.3) is 0 Å². The molecule has 0 bridgehead atoms. The molecule has 5 aliphatic carbocycles. The Balaban J connectivity index is 1.49. The fourth-order valence-corrected chi connectivity index (χ4v) is 12.2. The number of fused-ring (bicyclic) bond motifs is 7. The topological polar surface area (TPSA) is 72.8 Å². The van der Waals surface area contributed by atoms with Crippen LogP contribution in [0, 0.1) is 62.6 Å². The number of carboxylic acids is 1. The van der Waals surface area contributed by atoms with E-state index in [2.05, 4.69) is 54.2 Å². The second kappa shape index (κ2) is 9.51. The smallest absolute Gasteiger partial charge is 0.481 e. The van der Waals surface area contributed by atoms with Gasteiger partial charge in [0.15, 0.2) is 0 Å². The van der Waals surface area contributed by atoms with Crippen molar-refractivity contribution in [1.82, 2.24) is 0 Å². The van der Waals surface area contributed by atoms with E-state index in [0.717, 1.165) is 57.8 Å². The zero-order valence-electron chi connectivity index (χ0n) is 25.7. The van der Waals surface area contributed by atoms with Crippen molar-refractivity contribution in [3.8, 4) is 0 Å². The minimum absolute atomic E-state index is 0.132. The summed E-state index contributed by atoms with van der Waals surface area (Å²) in [6, 6.07) is 0. The molecule has 11 atom stereocenters. The molecule has 5 saturated carbocycles. The molecule has 5 rings (SSSR count). The molecule has 1 N–H and O–H groups in total. The third-order valence-corrected chi connectivity index (χ3v) is 14.4. The quantitative estimate of drug-likeness (QED) is 0.278. The summed E-state index contributed by atoms with van der Waals surface area (Å²) >= 11 is 0. The van der Waals surface area contributed by atoms with Gasteiger partial charge in [-0.15, -0.1) is 6.58 Å². The number of rotatable bonds is 5. The van der Waals surface area contributed by atoms with Crippen LogP contribution in [0.4, 0.5) is 4.79 Å². The van der Waals surface area contributed by atoms with E-state index < -0.39 is 17.5 Å². The van der Waals surface area contributed by atoms with Gasteiger partial charge in [0.1, 0.15) is 6.10 Å². The lowest BCUT2D eigenvalue weighted by molar-refractivity contribution is -0.246. The maximum absolute atomic E-state index is 12.9. The third kappa shape index (κ3) is 3.75. The molecule has 5 heteroatoms. The van der Waals surface area contributed by atoms with Gasteiger partial charge in [0.05, 0.1) is 12.0 Å². The van der Waals surface area contributed by atoms with Crippen molar-refractivity contribution in [2.24, 2.45) is 62.6 Å². The van der Waals surface area contributed by atoms with Crippen molar-refractivity contribution in [3.63, 3.8) is 0 Å². The lowest BCUT2D eigenvalue weighted by Crippen LogP contribution is -2.67. The minimum Gasteiger partial charge on any atom is -0.481 e. The molecule has 0 aliphatic heterocycles. The Kier molecular flexibility index (Phi) is 7.07. The van der Waals surface area contributed by atoms with Crippen LogP contribution in [-0.4, -0.2) is 29.9 Å². The molecule has 0 radical (unpaired) electrons. The van der Waals surface area contributed by atoms with Crippen molar-refractivity contribution < 1.29 is 24.2 Å². The molecular weight excluding hydrogens is 488 g/mol. The first-order chi connectivity index (χ1) is 18.2. The fraction of sp³-hybridized carbons (Fsp3) is 0.882. The van der Waals surface area contributed by atoms with E-state index in [1.165, 1.54) is 6.42 Å². The maximum Gasteiger partial charge on any atom is 0.508 e. The van der Waals surface area contributed by atoms with Gasteiger partial charge in [0, 0.05) is 5.41 Å². The number of hydrogen-bond donors (Lipinski definition) is 1. The van der Waals surface area contributed by atoms with E-state index in [0.29, 0.717) is 42.1 Å². The van der Waals surface area contributed by atoms with Crippen molar-refractivity contribution in [2.75, 3.05) is 6.61 Å². The third-order valence-electron chi connectivity index (χ3n) is 14.4. The van der Waals surface area contributed by atoms with Crippen molar-refractivity contribution in [1.29, 1.82) is 0 Å². The van der Waals surface area contributed by atoms with Gasteiger partial charge in [0.2, 0.25) is 0 Å². The highest BCUT2D eigenvalue weighted by Crippen LogP contribution is 2.77. The average Bonchev–Trinajstić information content (AvgIpc) is 3.28. The molecule has 5 nitrogen and oxygen atoms in total. The van der Waals surface area contributed by atoms with E-state index >= 15 is 0 Å². The van der Waals surface area contributed by atoms with Gasteiger partial charge in [-0.1, -0.05) is 47.6 Å². The van der Waals surface area contributed by atoms with Crippen LogP contribution >= 0.6 is 0 Å². The molecule has 0 saturated heterocycles. The number of ether oxygens (including phenoxy) is 2. The fourth-order valence-electron chi connectivity index (χ4n) is 12.2. The largest absolute Gasteiger partial charge is 0.508 e. The highest BCUT2D eigenvalue weighted by molar-refractivity contribution is 5.76. The molecule has 0 amide bonds. The first kappa shape index (κ1) is 29.0. The minimum atomic E-state index is -0.562. The van der Waals surface area contributed by atoms with Crippen LogP contribution in [0.3, 0.4) is 0 Å². The highest BCUT2D eigenvalue weighted by Gasteiger charge is 2.72. The molecule has 39 heavy (non-hydrogen) atoms. The SMILES string of the molecule is C=C[C@@]1(C)C2CC[C@]3(C)C(CCC4[C@@H]5[C@H](C(C)C)CC[C@]5(C(=O)O)CC[C@]43C)[C@@]2(C)CC[C@H]1OC(=O)OCC. The summed E-state index contributed by atoms with van der Waals surface area (Å²) in [7, 11) is 0. The monoisotopic (exact) mass is 542 g/mol. The molecule has 3 unspecified atom stereocenters. The number of carbonyl (C=O) groups excluding carboxylic acids is 1. The number of carbonyl (C=O) groups is 2. The second-order valence-electron chi connectivity index (χ2n) is 15.5. The van der Waals surface area contributed by atoms with Crippen molar-refractivity contribution in [2.45, 2.75) is 119 Å². The van der Waals surface area contributed by atoms with E-state index in [9.17, 15) is 14.7 Å². The Labute approximate surface area is 236 Å². The van der Waals surface area contributed by atoms with Crippen molar-refractivity contribution >= 4 is 12.1 Å². The van der Waals surface area contributed by atoms with Gasteiger partial charge in [-0.25, -0.2) is 4.79 Å². The first-order valence-electron chi connectivity index (χ1n) is 16.0. The number of carboxylic acid groups (broad SMARTS) is 1. The molecule has 0 aromatic rings. The van der Waals surface area contributed by atoms with Crippen LogP contribution in [0.5, 0.6) is 0 Å². The molecule has 5 aliphatic rings. The molecule has 220 valence electrons. The Morgan fingerprint density at radius 3 is 2.26 bits per heavy atom. The van der Waals surface area contributed by atoms with Crippen LogP contribution in [0.1, 0.15) is 113 Å². The molecule has 0 aromatic heterocycles. The summed E-state index contributed by atoms with van der Waals surface area (Å²) < 4.78 is 11.1. The average molecular weight is 543 g/mol. The number of hydrogen-bond acceptors (Lipinski definition) is 4. The lowest BCUT2D eigenvalue weighted by atomic mass is 9.32. The van der Waals surface area contributed by atoms with Crippen LogP contribution in [0.2, 0.25) is 0 Å². The summed E-state index contributed by atoms with van der Waals surface area (Å²) in [6.07, 6.45) is 11.6. The highest BCUT2D eigenvalue weighted by atomic mass is 16.7. The van der Waals surface area contributed by atoms with E-state index in [4.69, 9.17) is 9.47 Å². The molecule has 0 aromatic carbocycles. The zero-order chi connectivity index (χ0) is 28.6. The van der Waals surface area contributed by atoms with Gasteiger partial charge in [-0.3, -0.25) is 4.79 Å². The first-order valence-corrected chi connectivity index (χ1v) is 16.0. The van der Waals surface area contributed by atoms with E-state index in [-0.39, 0.29) is 27.8 Å². The predicted molar refractivity (Wildman–Crippen MR) is 153 cm³/mol. The summed E-state index contributed by atoms with van der Waals surface area (Å²) in [5.74, 6) is 2.26. The summed E-state index contributed by atoms with van der Waals surface area (Å²) in [4.78, 5) is 25.3. The van der Waals surface area contributed by atoms with E-state index in [1.54, 1.807) is 0 Å². The Morgan fingerprint density at radius 1 is 0.923 bits per heavy atom. The van der Waals surface area contributed by atoms with Crippen LogP contribution < -0.4 is 0 Å². The predicted octanol–water partition coefficient (Wildman–Crippen LogP) is 8.52. The Bertz CT molecular complexity index is 1010. The summed E-state index contributed by atoms with van der Waals surface area (Å²) in [5.41, 5.74) is -0.362. The molecule has 5 fully saturated rings. The molecular formula is C34H54O5. The maximum atomic E-state index is 12.9. The lowest BCUT2D eigenvalue weighted by Gasteiger charge is -2.72. The van der Waals surface area contributed by atoms with Gasteiger partial charge >= 0.3 is 12.1 Å². The normalized spacial score (nSPS) is 50.7. The van der Waals surface area contributed by atoms with Gasteiger partial charge in [-0.2, -0.15) is 0 Å². The van der Waals surface area contributed by atoms with Crippen molar-refractivity contribution in [3.05, 3.63) is 12.7 Å². The standard InChI is InChI=1S/C34H54O5/c1-9-30(5)24-14-17-33(8)25(31(24,6)16-15-26(30)39-29(37)38-10-2)12-11-23-27-22(21(3)4)13-18-34(27,28(35)36)20-19-32(23,33)7/h9,21-27H,1,10-20H2,2-8H3,(H,35,36)/t22-,23?,24?,25?,26+,27-,30-,31-,32+,33+,34-/m0/s1. The van der Waals surface area contributed by atoms with Gasteiger partial charge in [-0.05, 0) is 123 Å². The zero-order valence-corrected chi connectivity index (χ0v) is 25.7. The molecule has 0 heterocycles. The van der Waals surface area contributed by atoms with Crippen LogP contribution in [-0.2, 0) is 14.3 Å². The Morgan fingerprint density at radius 2 is 1.64 bits per heavy atom. The summed E-state index contributed by atoms with van der Waals surface area (Å²) in [6.45, 7) is 21.0. The van der Waals surface area contributed by atoms with Crippen LogP contribution in [0.25, 0.3) is 0 Å². The summed E-state index contributed by atoms with van der Waals surface area (Å²) in [5, 5.41) is 10.6. The molecule has 0 spiro atoms. The van der Waals surface area contributed by atoms with Crippen LogP contribution in [0.15, 0.2) is 12.7 Å².